The van der Waals surface area contributed by atoms with Gasteiger partial charge in [0.25, 0.3) is 0 Å². The first kappa shape index (κ1) is 31.1. The van der Waals surface area contributed by atoms with Gasteiger partial charge < -0.3 is 0 Å². The first-order valence-electron chi connectivity index (χ1n) is 11.3. The van der Waals surface area contributed by atoms with Crippen LogP contribution >= 0.6 is 0 Å². The summed E-state index contributed by atoms with van der Waals surface area (Å²) in [6.45, 7) is 31.1. The zero-order chi connectivity index (χ0) is 26.6. The predicted molar refractivity (Wildman–Crippen MR) is 140 cm³/mol. The van der Waals surface area contributed by atoms with Crippen molar-refractivity contribution in [2.45, 2.75) is 52.9 Å². The summed E-state index contributed by atoms with van der Waals surface area (Å²) in [5.41, 5.74) is -0.404. The van der Waals surface area contributed by atoms with E-state index in [1.165, 1.54) is 12.2 Å². The topological polar surface area (TPSA) is 0 Å². The van der Waals surface area contributed by atoms with Crippen LogP contribution in [0, 0.1) is 11.8 Å². The molecule has 0 bridgehead atoms. The van der Waals surface area contributed by atoms with Gasteiger partial charge in [-0.2, -0.15) is 0 Å². The van der Waals surface area contributed by atoms with Crippen LogP contribution in [0.5, 0.6) is 0 Å². The molecule has 0 N–H and O–H groups in total. The van der Waals surface area contributed by atoms with Gasteiger partial charge in [-0.3, -0.25) is 0 Å². The lowest BCUT2D eigenvalue weighted by Crippen LogP contribution is -2.03. The molecule has 0 heterocycles. The summed E-state index contributed by atoms with van der Waals surface area (Å²) in [6.07, 6.45) is 7.34. The predicted octanol–water partition coefficient (Wildman–Crippen LogP) is 10.6. The van der Waals surface area contributed by atoms with Crippen molar-refractivity contribution >= 4 is 0 Å². The zero-order valence-electron chi connectivity index (χ0n) is 20.9. The van der Waals surface area contributed by atoms with E-state index < -0.39 is 23.3 Å². The molecule has 0 aliphatic carbocycles. The van der Waals surface area contributed by atoms with E-state index in [0.29, 0.717) is 25.2 Å². The van der Waals surface area contributed by atoms with E-state index in [1.807, 2.05) is 0 Å². The largest absolute Gasteiger partial charge is 0.203 e. The maximum atomic E-state index is 14.7. The van der Waals surface area contributed by atoms with E-state index in [1.54, 1.807) is 13.0 Å². The van der Waals surface area contributed by atoms with Gasteiger partial charge in [0, 0.05) is 11.1 Å². The highest BCUT2D eigenvalue weighted by Gasteiger charge is 2.19. The maximum Gasteiger partial charge on any atom is 0.166 e. The fourth-order valence-electron chi connectivity index (χ4n) is 2.79. The van der Waals surface area contributed by atoms with Crippen molar-refractivity contribution in [2.24, 2.45) is 11.8 Å². The number of hydrogen-bond acceptors (Lipinski definition) is 0. The SMILES string of the molecule is C=CCCCC(=C)/C(F)=C(/F)C(=C)C(=C)/C=C\C(=C)C(=C)/C(F)=C(/F)C(=C)C(C)CCC(C)C. The van der Waals surface area contributed by atoms with Crippen LogP contribution in [0.25, 0.3) is 0 Å². The van der Waals surface area contributed by atoms with Crippen LogP contribution in [-0.4, -0.2) is 0 Å². The van der Waals surface area contributed by atoms with E-state index in [0.717, 1.165) is 6.42 Å². The van der Waals surface area contributed by atoms with Gasteiger partial charge in [0.05, 0.1) is 0 Å². The maximum absolute atomic E-state index is 14.7. The Morgan fingerprint density at radius 3 is 1.62 bits per heavy atom. The van der Waals surface area contributed by atoms with Gasteiger partial charge in [-0.05, 0) is 59.8 Å². The Morgan fingerprint density at radius 1 is 0.706 bits per heavy atom. The monoisotopic (exact) mass is 474 g/mol. The molecule has 0 aromatic carbocycles. The Kier molecular flexibility index (Phi) is 13.8. The first-order chi connectivity index (χ1) is 15.8. The quantitative estimate of drug-likeness (QED) is 0.0903. The summed E-state index contributed by atoms with van der Waals surface area (Å²) in [5, 5.41) is 0. The van der Waals surface area contributed by atoms with Crippen molar-refractivity contribution < 1.29 is 17.6 Å². The van der Waals surface area contributed by atoms with Gasteiger partial charge in [0.2, 0.25) is 0 Å². The molecule has 0 aliphatic heterocycles. The van der Waals surface area contributed by atoms with Crippen molar-refractivity contribution in [1.29, 1.82) is 0 Å². The van der Waals surface area contributed by atoms with Crippen LogP contribution in [0.3, 0.4) is 0 Å². The van der Waals surface area contributed by atoms with Crippen LogP contribution in [0.1, 0.15) is 52.9 Å². The average Bonchev–Trinajstić information content (AvgIpc) is 2.81. The minimum atomic E-state index is -1.17. The molecular formula is C30H38F4. The van der Waals surface area contributed by atoms with Gasteiger partial charge in [0.15, 0.2) is 23.3 Å². The summed E-state index contributed by atoms with van der Waals surface area (Å²) in [6, 6.07) is 0. The van der Waals surface area contributed by atoms with Crippen LogP contribution in [0.4, 0.5) is 17.6 Å². The Balaban J connectivity index is 5.33. The van der Waals surface area contributed by atoms with Crippen molar-refractivity contribution in [2.75, 3.05) is 0 Å². The highest BCUT2D eigenvalue weighted by molar-refractivity contribution is 5.54. The average molecular weight is 475 g/mol. The fourth-order valence-corrected chi connectivity index (χ4v) is 2.79. The molecule has 1 unspecified atom stereocenters. The second-order valence-electron chi connectivity index (χ2n) is 8.78. The number of hydrogen-bond donors (Lipinski definition) is 0. The number of unbranched alkanes of at least 4 members (excludes halogenated alkanes) is 1. The number of allylic oxidation sites excluding steroid dienone is 13. The summed E-state index contributed by atoms with van der Waals surface area (Å²) in [4.78, 5) is 0. The number of halogens is 4. The van der Waals surface area contributed by atoms with Crippen molar-refractivity contribution in [3.05, 3.63) is 121 Å². The molecule has 0 aromatic heterocycles. The third-order valence-corrected chi connectivity index (χ3v) is 5.43. The molecule has 0 nitrogen and oxygen atoms in total. The lowest BCUT2D eigenvalue weighted by atomic mass is 9.92. The van der Waals surface area contributed by atoms with Crippen LogP contribution in [0.2, 0.25) is 0 Å². The molecule has 0 saturated carbocycles. The third kappa shape index (κ3) is 9.94. The molecule has 0 saturated heterocycles. The fraction of sp³-hybridized carbons (Fsp3) is 0.333. The van der Waals surface area contributed by atoms with E-state index in [4.69, 9.17) is 0 Å². The Labute approximate surface area is 203 Å². The third-order valence-electron chi connectivity index (χ3n) is 5.43. The van der Waals surface area contributed by atoms with Crippen molar-refractivity contribution in [3.8, 4) is 0 Å². The van der Waals surface area contributed by atoms with E-state index in [-0.39, 0.29) is 45.8 Å². The lowest BCUT2D eigenvalue weighted by Gasteiger charge is -2.16. The van der Waals surface area contributed by atoms with Gasteiger partial charge in [-0.15, -0.1) is 6.58 Å². The summed E-state index contributed by atoms with van der Waals surface area (Å²) < 4.78 is 58.0. The van der Waals surface area contributed by atoms with Gasteiger partial charge in [-0.1, -0.05) is 84.9 Å². The van der Waals surface area contributed by atoms with Crippen molar-refractivity contribution in [3.63, 3.8) is 0 Å². The van der Waals surface area contributed by atoms with Crippen molar-refractivity contribution in [1.82, 2.24) is 0 Å². The minimum absolute atomic E-state index is 0.0144. The molecule has 0 amide bonds. The molecule has 34 heavy (non-hydrogen) atoms. The molecule has 0 spiro atoms. The number of rotatable bonds is 16. The Bertz CT molecular complexity index is 935. The van der Waals surface area contributed by atoms with Gasteiger partial charge >= 0.3 is 0 Å². The standard InChI is InChI=1S/C30H38F4/c1-11-12-13-14-23(7)27(31)28(32)24(8)21(5)17-18-22(6)26(10)30(34)29(33)25(9)20(4)16-15-19(2)3/h11,17-20H,1,5-10,12-16H2,2-4H3/b18-17-,28-27-,30-29-. The zero-order valence-corrected chi connectivity index (χ0v) is 20.9. The molecule has 0 radical (unpaired) electrons. The van der Waals surface area contributed by atoms with Crippen LogP contribution in [0.15, 0.2) is 121 Å². The Morgan fingerprint density at radius 2 is 1.18 bits per heavy atom. The minimum Gasteiger partial charge on any atom is -0.203 e. The molecule has 0 rings (SSSR count). The smallest absolute Gasteiger partial charge is 0.166 e. The normalized spacial score (nSPS) is 13.8. The van der Waals surface area contributed by atoms with Gasteiger partial charge in [-0.25, -0.2) is 17.6 Å². The molecular weight excluding hydrogens is 436 g/mol. The van der Waals surface area contributed by atoms with E-state index in [9.17, 15) is 17.6 Å². The summed E-state index contributed by atoms with van der Waals surface area (Å²) in [7, 11) is 0. The van der Waals surface area contributed by atoms with Crippen LogP contribution < -0.4 is 0 Å². The summed E-state index contributed by atoms with van der Waals surface area (Å²) in [5.74, 6) is -4.28. The van der Waals surface area contributed by atoms with E-state index >= 15 is 0 Å². The molecule has 0 aliphatic rings. The van der Waals surface area contributed by atoms with E-state index in [2.05, 4.69) is 59.9 Å². The Hall–Kier alpha value is -2.88. The molecule has 0 aromatic rings. The second-order valence-corrected chi connectivity index (χ2v) is 8.78. The first-order valence-corrected chi connectivity index (χ1v) is 11.3. The second kappa shape index (κ2) is 15.1. The van der Waals surface area contributed by atoms with Gasteiger partial charge in [0.1, 0.15) is 0 Å². The highest BCUT2D eigenvalue weighted by atomic mass is 19.2. The lowest BCUT2D eigenvalue weighted by molar-refractivity contribution is 0.468. The molecule has 1 atom stereocenters. The summed E-state index contributed by atoms with van der Waals surface area (Å²) >= 11 is 0. The molecule has 186 valence electrons. The highest BCUT2D eigenvalue weighted by Crippen LogP contribution is 2.32. The molecule has 0 fully saturated rings. The van der Waals surface area contributed by atoms with Crippen LogP contribution in [-0.2, 0) is 0 Å². The molecule has 4 heteroatoms.